The highest BCUT2D eigenvalue weighted by Crippen LogP contribution is 2.21. The molecule has 0 heterocycles. The number of benzene rings is 2. The minimum absolute atomic E-state index is 0.0457. The summed E-state index contributed by atoms with van der Waals surface area (Å²) < 4.78 is 0. The van der Waals surface area contributed by atoms with Gasteiger partial charge in [0.1, 0.15) is 0 Å². The molecule has 0 atom stereocenters. The van der Waals surface area contributed by atoms with Crippen LogP contribution >= 0.6 is 24.4 Å². The first-order valence-electron chi connectivity index (χ1n) is 20.5. The normalized spacial score (nSPS) is 10.7. The Morgan fingerprint density at radius 1 is 0.453 bits per heavy atom. The number of rotatable bonds is 29. The minimum atomic E-state index is -1.91. The van der Waals surface area contributed by atoms with Crippen molar-refractivity contribution in [1.29, 1.82) is 0 Å². The van der Waals surface area contributed by atoms with Crippen molar-refractivity contribution < 1.29 is 24.6 Å². The van der Waals surface area contributed by atoms with Gasteiger partial charge in [0.05, 0.1) is 0 Å². The zero-order chi connectivity index (χ0) is 39.6. The Hall–Kier alpha value is -2.81. The first-order chi connectivity index (χ1) is 25.6. The summed E-state index contributed by atoms with van der Waals surface area (Å²) >= 11 is 9.04. The fourth-order valence-electron chi connectivity index (χ4n) is 5.95. The number of aliphatic hydroxyl groups is 2. The summed E-state index contributed by atoms with van der Waals surface area (Å²) in [4.78, 5) is 39.4. The molecule has 2 aromatic carbocycles. The van der Waals surface area contributed by atoms with Crippen LogP contribution in [0.25, 0.3) is 0 Å². The van der Waals surface area contributed by atoms with Crippen LogP contribution in [0.1, 0.15) is 186 Å². The molecule has 0 aromatic heterocycles. The topological polar surface area (TPSA) is 118 Å². The van der Waals surface area contributed by atoms with Crippen LogP contribution in [0.2, 0.25) is 0 Å². The first kappa shape index (κ1) is 50.2. The number of Topliss-reactive ketones (excluding diaryl/α,β-unsaturated/α-hetero) is 3. The van der Waals surface area contributed by atoms with Crippen LogP contribution in [0.15, 0.2) is 60.7 Å². The third-order valence-corrected chi connectivity index (χ3v) is 9.85. The van der Waals surface area contributed by atoms with Gasteiger partial charge in [-0.1, -0.05) is 197 Å². The Labute approximate surface area is 333 Å². The lowest BCUT2D eigenvalue weighted by Gasteiger charge is -2.25. The van der Waals surface area contributed by atoms with E-state index < -0.39 is 5.54 Å². The largest absolute Gasteiger partial charge is 0.499 e. The molecule has 8 heteroatoms. The van der Waals surface area contributed by atoms with E-state index in [0.29, 0.717) is 11.1 Å². The van der Waals surface area contributed by atoms with E-state index in [1.807, 2.05) is 36.4 Å². The lowest BCUT2D eigenvalue weighted by Crippen LogP contribution is -2.61. The number of ketones is 3. The molecule has 298 valence electrons. The number of thiocarbonyl (C=S) groups is 2. The summed E-state index contributed by atoms with van der Waals surface area (Å²) in [5.41, 5.74) is 5.91. The molecule has 0 bridgehead atoms. The van der Waals surface area contributed by atoms with E-state index in [1.54, 1.807) is 24.3 Å². The van der Waals surface area contributed by atoms with Crippen molar-refractivity contribution in [3.8, 4) is 0 Å². The Kier molecular flexibility index (Phi) is 31.9. The summed E-state index contributed by atoms with van der Waals surface area (Å²) in [7, 11) is 0. The van der Waals surface area contributed by atoms with Gasteiger partial charge < -0.3 is 15.9 Å². The van der Waals surface area contributed by atoms with Crippen LogP contribution in [-0.4, -0.2) is 43.2 Å². The fraction of sp³-hybridized carbons (Fsp3) is 0.622. The molecule has 0 fully saturated rings. The summed E-state index contributed by atoms with van der Waals surface area (Å²) in [6.07, 6.45) is 23.8. The molecule has 0 saturated carbocycles. The Morgan fingerprint density at radius 3 is 0.887 bits per heavy atom. The highest BCUT2D eigenvalue weighted by molar-refractivity contribution is 7.80. The lowest BCUT2D eigenvalue weighted by molar-refractivity contribution is -0.142. The zero-order valence-corrected chi connectivity index (χ0v) is 34.9. The summed E-state index contributed by atoms with van der Waals surface area (Å²) in [6.45, 7) is 6.60. The molecular weight excluding hydrogens is 699 g/mol. The second-order valence-corrected chi connectivity index (χ2v) is 14.8. The molecule has 0 saturated heterocycles. The average Bonchev–Trinajstić information content (AvgIpc) is 3.17. The number of hydrogen-bond acceptors (Lipinski definition) is 6. The molecule has 4 N–H and O–H groups in total. The van der Waals surface area contributed by atoms with Gasteiger partial charge in [-0.05, 0) is 43.7 Å². The molecule has 0 unspecified atom stereocenters. The van der Waals surface area contributed by atoms with Gasteiger partial charge in [0.2, 0.25) is 0 Å². The molecule has 0 radical (unpaired) electrons. The molecule has 0 aliphatic carbocycles. The van der Waals surface area contributed by atoms with Gasteiger partial charge in [-0.2, -0.15) is 0 Å². The molecular formula is C45H71NO5S2. The van der Waals surface area contributed by atoms with Crippen molar-refractivity contribution >= 4 is 51.9 Å². The molecule has 2 aromatic rings. The molecule has 6 nitrogen and oxygen atoms in total. The Morgan fingerprint density at radius 2 is 0.679 bits per heavy atom. The number of hydrogen-bond donors (Lipinski definition) is 3. The SMILES string of the molecule is CCCCCCCCCC(=O)C(N)(C(=O)CCCCCCCCC)C(=O)CCCCCCCCC.OC(=S)c1ccccc1.OC(=S)c1ccccc1. The van der Waals surface area contributed by atoms with Crippen molar-refractivity contribution in [3.05, 3.63) is 71.8 Å². The van der Waals surface area contributed by atoms with Gasteiger partial charge >= 0.3 is 0 Å². The average molecular weight is 770 g/mol. The van der Waals surface area contributed by atoms with Gasteiger partial charge in [-0.3, -0.25) is 14.4 Å². The maximum atomic E-state index is 13.1. The van der Waals surface area contributed by atoms with Gasteiger partial charge in [-0.25, -0.2) is 0 Å². The maximum absolute atomic E-state index is 13.1. The smallest absolute Gasteiger partial charge is 0.193 e. The zero-order valence-electron chi connectivity index (χ0n) is 33.3. The van der Waals surface area contributed by atoms with Crippen LogP contribution in [0, 0.1) is 0 Å². The Balaban J connectivity index is 0.00000119. The van der Waals surface area contributed by atoms with E-state index in [0.717, 1.165) is 57.8 Å². The van der Waals surface area contributed by atoms with Crippen LogP contribution < -0.4 is 5.73 Å². The molecule has 2 rings (SSSR count). The van der Waals surface area contributed by atoms with E-state index in [2.05, 4.69) is 45.2 Å². The third-order valence-electron chi connectivity index (χ3n) is 9.38. The molecule has 0 spiro atoms. The first-order valence-corrected chi connectivity index (χ1v) is 21.3. The van der Waals surface area contributed by atoms with E-state index >= 15 is 0 Å². The highest BCUT2D eigenvalue weighted by Gasteiger charge is 2.46. The predicted octanol–water partition coefficient (Wildman–Crippen LogP) is 12.7. The predicted molar refractivity (Wildman–Crippen MR) is 231 cm³/mol. The van der Waals surface area contributed by atoms with Crippen LogP contribution in [0.5, 0.6) is 0 Å². The molecule has 0 aliphatic heterocycles. The minimum Gasteiger partial charge on any atom is -0.499 e. The standard InChI is InChI=1S/C31H59NO3.2C7H6OS/c1-4-7-10-13-16-19-22-25-28(33)31(32,29(34)26-23-20-17-14-11-8-5-2)30(35)27-24-21-18-15-12-9-6-3;2*8-7(9)6-4-2-1-3-5-6/h4-27,32H2,1-3H3;2*1-5H,(H,8,9). The van der Waals surface area contributed by atoms with Gasteiger partial charge in [-0.15, -0.1) is 0 Å². The van der Waals surface area contributed by atoms with Crippen LogP contribution in [0.3, 0.4) is 0 Å². The van der Waals surface area contributed by atoms with Gasteiger partial charge in [0.15, 0.2) is 33.0 Å². The second-order valence-electron chi connectivity index (χ2n) is 14.0. The number of carbonyl (C=O) groups is 3. The summed E-state index contributed by atoms with van der Waals surface area (Å²) in [5, 5.41) is 17.4. The highest BCUT2D eigenvalue weighted by atomic mass is 32.1. The lowest BCUT2D eigenvalue weighted by atomic mass is 9.79. The molecule has 53 heavy (non-hydrogen) atoms. The van der Waals surface area contributed by atoms with Gasteiger partial charge in [0.25, 0.3) is 0 Å². The maximum Gasteiger partial charge on any atom is 0.193 e. The van der Waals surface area contributed by atoms with E-state index in [4.69, 9.17) is 15.9 Å². The number of unbranched alkanes of at least 4 members (excludes halogenated alkanes) is 18. The molecule has 0 aliphatic rings. The monoisotopic (exact) mass is 769 g/mol. The summed E-state index contributed by atoms with van der Waals surface area (Å²) in [6, 6.07) is 18.1. The van der Waals surface area contributed by atoms with Crippen molar-refractivity contribution in [2.45, 2.75) is 180 Å². The van der Waals surface area contributed by atoms with Crippen molar-refractivity contribution in [2.75, 3.05) is 0 Å². The number of carbonyl (C=O) groups excluding carboxylic acids is 3. The quantitative estimate of drug-likeness (QED) is 0.0425. The van der Waals surface area contributed by atoms with Crippen LogP contribution in [0.4, 0.5) is 0 Å². The second kappa shape index (κ2) is 33.7. The van der Waals surface area contributed by atoms with E-state index in [9.17, 15) is 14.4 Å². The Bertz CT molecular complexity index is 1130. The van der Waals surface area contributed by atoms with Crippen molar-refractivity contribution in [3.63, 3.8) is 0 Å². The van der Waals surface area contributed by atoms with Crippen molar-refractivity contribution in [1.82, 2.24) is 0 Å². The fourth-order valence-corrected chi connectivity index (χ4v) is 6.22. The third kappa shape index (κ3) is 25.0. The van der Waals surface area contributed by atoms with E-state index in [1.165, 1.54) is 77.0 Å². The molecule has 0 amide bonds. The van der Waals surface area contributed by atoms with E-state index in [-0.39, 0.29) is 46.7 Å². The summed E-state index contributed by atoms with van der Waals surface area (Å²) in [5.74, 6) is -1.02. The van der Waals surface area contributed by atoms with Gasteiger partial charge in [0, 0.05) is 30.4 Å². The van der Waals surface area contributed by atoms with Crippen LogP contribution in [-0.2, 0) is 14.4 Å². The van der Waals surface area contributed by atoms with Crippen molar-refractivity contribution in [2.24, 2.45) is 5.73 Å². The number of aliphatic hydroxyl groups excluding tert-OH is 2. The number of nitrogens with two attached hydrogens (primary N) is 1.